The van der Waals surface area contributed by atoms with Gasteiger partial charge < -0.3 is 19.1 Å². The summed E-state index contributed by atoms with van der Waals surface area (Å²) in [6.45, 7) is 2.27. The van der Waals surface area contributed by atoms with E-state index in [1.807, 2.05) is 13.0 Å². The molecule has 2 rings (SSSR count). The number of hydrogen-bond donors (Lipinski definition) is 0. The van der Waals surface area contributed by atoms with Crippen molar-refractivity contribution in [2.75, 3.05) is 27.8 Å². The van der Waals surface area contributed by atoms with Gasteiger partial charge in [0.2, 0.25) is 6.10 Å². The van der Waals surface area contributed by atoms with Crippen molar-refractivity contribution in [1.29, 1.82) is 0 Å². The first-order valence-corrected chi connectivity index (χ1v) is 8.25. The molecule has 6 nitrogen and oxygen atoms in total. The van der Waals surface area contributed by atoms with Crippen molar-refractivity contribution >= 4 is 11.9 Å². The monoisotopic (exact) mass is 357 g/mol. The number of carbonyl (C=O) groups excluding carboxylic acids is 2. The maximum Gasteiger partial charge on any atom is 0.339 e. The summed E-state index contributed by atoms with van der Waals surface area (Å²) in [5, 5.41) is 0. The SMILES string of the molecule is CCOc1cc(C(=O)O[C@H](C(=O)N(C)C)c2ccccc2)ccc1OC. The molecule has 2 aromatic rings. The van der Waals surface area contributed by atoms with Gasteiger partial charge in [0.25, 0.3) is 5.91 Å². The van der Waals surface area contributed by atoms with Crippen molar-refractivity contribution in [3.63, 3.8) is 0 Å². The fourth-order valence-corrected chi connectivity index (χ4v) is 2.37. The summed E-state index contributed by atoms with van der Waals surface area (Å²) in [6.07, 6.45) is -1.02. The number of amides is 1. The zero-order valence-electron chi connectivity index (χ0n) is 15.4. The molecule has 1 atom stereocenters. The average molecular weight is 357 g/mol. The molecule has 0 fully saturated rings. The van der Waals surface area contributed by atoms with E-state index in [4.69, 9.17) is 14.2 Å². The molecule has 26 heavy (non-hydrogen) atoms. The summed E-state index contributed by atoms with van der Waals surface area (Å²) in [4.78, 5) is 26.5. The van der Waals surface area contributed by atoms with Gasteiger partial charge in [0, 0.05) is 19.7 Å². The van der Waals surface area contributed by atoms with Crippen LogP contribution in [0.25, 0.3) is 0 Å². The van der Waals surface area contributed by atoms with Crippen LogP contribution in [0.3, 0.4) is 0 Å². The minimum absolute atomic E-state index is 0.279. The second-order valence-electron chi connectivity index (χ2n) is 5.73. The molecule has 0 saturated heterocycles. The lowest BCUT2D eigenvalue weighted by Crippen LogP contribution is -2.31. The lowest BCUT2D eigenvalue weighted by Gasteiger charge is -2.21. The zero-order chi connectivity index (χ0) is 19.1. The van der Waals surface area contributed by atoms with Gasteiger partial charge in [-0.25, -0.2) is 4.79 Å². The number of benzene rings is 2. The van der Waals surface area contributed by atoms with E-state index in [1.54, 1.807) is 56.6 Å². The van der Waals surface area contributed by atoms with Gasteiger partial charge in [-0.05, 0) is 25.1 Å². The zero-order valence-corrected chi connectivity index (χ0v) is 15.4. The van der Waals surface area contributed by atoms with Gasteiger partial charge in [0.05, 0.1) is 19.3 Å². The molecule has 1 amide bonds. The Hall–Kier alpha value is -3.02. The van der Waals surface area contributed by atoms with E-state index in [2.05, 4.69) is 0 Å². The molecular weight excluding hydrogens is 334 g/mol. The molecule has 6 heteroatoms. The van der Waals surface area contributed by atoms with Gasteiger partial charge in [-0.1, -0.05) is 30.3 Å². The molecule has 138 valence electrons. The lowest BCUT2D eigenvalue weighted by molar-refractivity contribution is -0.138. The van der Waals surface area contributed by atoms with Gasteiger partial charge in [-0.3, -0.25) is 4.79 Å². The Morgan fingerprint density at radius 1 is 1.04 bits per heavy atom. The van der Waals surface area contributed by atoms with Crippen molar-refractivity contribution in [3.05, 3.63) is 59.7 Å². The fourth-order valence-electron chi connectivity index (χ4n) is 2.37. The lowest BCUT2D eigenvalue weighted by atomic mass is 10.1. The van der Waals surface area contributed by atoms with Crippen LogP contribution >= 0.6 is 0 Å². The van der Waals surface area contributed by atoms with Crippen molar-refractivity contribution < 1.29 is 23.8 Å². The molecule has 0 aromatic heterocycles. The molecule has 0 aliphatic rings. The highest BCUT2D eigenvalue weighted by Crippen LogP contribution is 2.29. The Bertz CT molecular complexity index is 758. The summed E-state index contributed by atoms with van der Waals surface area (Å²) in [6, 6.07) is 13.7. The van der Waals surface area contributed by atoms with Crippen molar-refractivity contribution in [3.8, 4) is 11.5 Å². The standard InChI is InChI=1S/C20H23NO5/c1-5-25-17-13-15(11-12-16(17)24-4)20(23)26-18(19(22)21(2)3)14-9-7-6-8-10-14/h6-13,18H,5H2,1-4H3/t18-/m0/s1. The van der Waals surface area contributed by atoms with Crippen LogP contribution in [0.2, 0.25) is 0 Å². The topological polar surface area (TPSA) is 65.1 Å². The summed E-state index contributed by atoms with van der Waals surface area (Å²) in [5.41, 5.74) is 0.889. The number of likely N-dealkylation sites (N-methyl/N-ethyl adjacent to an activating group) is 1. The van der Waals surface area contributed by atoms with Crippen LogP contribution < -0.4 is 9.47 Å². The van der Waals surface area contributed by atoms with Crippen LogP contribution in [0.15, 0.2) is 48.5 Å². The van der Waals surface area contributed by atoms with Crippen molar-refractivity contribution in [2.24, 2.45) is 0 Å². The van der Waals surface area contributed by atoms with Crippen LogP contribution in [0.1, 0.15) is 28.9 Å². The first kappa shape index (κ1) is 19.3. The van der Waals surface area contributed by atoms with Crippen molar-refractivity contribution in [1.82, 2.24) is 4.90 Å². The maximum atomic E-state index is 12.6. The molecule has 0 spiro atoms. The minimum atomic E-state index is -1.02. The molecule has 0 saturated carbocycles. The van der Waals surface area contributed by atoms with Crippen molar-refractivity contribution in [2.45, 2.75) is 13.0 Å². The second kappa shape index (κ2) is 8.89. The van der Waals surface area contributed by atoms with Crippen LogP contribution in [0, 0.1) is 0 Å². The molecule has 0 aliphatic heterocycles. The Balaban J connectivity index is 2.29. The van der Waals surface area contributed by atoms with Gasteiger partial charge in [-0.15, -0.1) is 0 Å². The van der Waals surface area contributed by atoms with E-state index in [-0.39, 0.29) is 11.5 Å². The molecule has 0 heterocycles. The average Bonchev–Trinajstić information content (AvgIpc) is 2.66. The van der Waals surface area contributed by atoms with E-state index < -0.39 is 12.1 Å². The van der Waals surface area contributed by atoms with Gasteiger partial charge in [0.15, 0.2) is 11.5 Å². The first-order valence-electron chi connectivity index (χ1n) is 8.25. The number of esters is 1. The Labute approximate surface area is 153 Å². The second-order valence-corrected chi connectivity index (χ2v) is 5.73. The highest BCUT2D eigenvalue weighted by molar-refractivity contribution is 5.93. The third-order valence-corrected chi connectivity index (χ3v) is 3.69. The maximum absolute atomic E-state index is 12.6. The summed E-state index contributed by atoms with van der Waals surface area (Å²) in [7, 11) is 4.76. The smallest absolute Gasteiger partial charge is 0.339 e. The van der Waals surface area contributed by atoms with E-state index in [9.17, 15) is 9.59 Å². The highest BCUT2D eigenvalue weighted by Gasteiger charge is 2.27. The summed E-state index contributed by atoms with van der Waals surface area (Å²) in [5.74, 6) is 0.0350. The Morgan fingerprint density at radius 2 is 1.73 bits per heavy atom. The predicted octanol–water partition coefficient (Wildman–Crippen LogP) is 3.08. The molecule has 0 unspecified atom stereocenters. The number of carbonyl (C=O) groups is 2. The molecular formula is C20H23NO5. The van der Waals surface area contributed by atoms with Crippen LogP contribution in [-0.4, -0.2) is 44.6 Å². The Kier molecular flexibility index (Phi) is 6.60. The molecule has 0 radical (unpaired) electrons. The third-order valence-electron chi connectivity index (χ3n) is 3.69. The number of hydrogen-bond acceptors (Lipinski definition) is 5. The van der Waals surface area contributed by atoms with E-state index in [0.29, 0.717) is 23.7 Å². The first-order chi connectivity index (χ1) is 12.5. The van der Waals surface area contributed by atoms with Crippen LogP contribution in [0.4, 0.5) is 0 Å². The van der Waals surface area contributed by atoms with Crippen LogP contribution in [-0.2, 0) is 9.53 Å². The molecule has 2 aromatic carbocycles. The van der Waals surface area contributed by atoms with Crippen LogP contribution in [0.5, 0.6) is 11.5 Å². The van der Waals surface area contributed by atoms with Gasteiger partial charge in [-0.2, -0.15) is 0 Å². The summed E-state index contributed by atoms with van der Waals surface area (Å²) >= 11 is 0. The largest absolute Gasteiger partial charge is 0.493 e. The molecule has 0 bridgehead atoms. The quantitative estimate of drug-likeness (QED) is 0.713. The van der Waals surface area contributed by atoms with E-state index in [0.717, 1.165) is 0 Å². The third kappa shape index (κ3) is 4.53. The van der Waals surface area contributed by atoms with Gasteiger partial charge in [0.1, 0.15) is 0 Å². The minimum Gasteiger partial charge on any atom is -0.493 e. The van der Waals surface area contributed by atoms with E-state index in [1.165, 1.54) is 12.0 Å². The van der Waals surface area contributed by atoms with Gasteiger partial charge >= 0.3 is 5.97 Å². The highest BCUT2D eigenvalue weighted by atomic mass is 16.5. The Morgan fingerprint density at radius 3 is 2.31 bits per heavy atom. The normalized spacial score (nSPS) is 11.4. The summed E-state index contributed by atoms with van der Waals surface area (Å²) < 4.78 is 16.2. The fraction of sp³-hybridized carbons (Fsp3) is 0.300. The molecule has 0 N–H and O–H groups in total. The predicted molar refractivity (Wildman–Crippen MR) is 97.5 cm³/mol. The van der Waals surface area contributed by atoms with E-state index >= 15 is 0 Å². The number of nitrogens with zero attached hydrogens (tertiary/aromatic N) is 1. The molecule has 0 aliphatic carbocycles. The number of methoxy groups -OCH3 is 1. The number of rotatable bonds is 7. The number of ether oxygens (including phenoxy) is 3.